The molecule has 5 heteroatoms. The fourth-order valence-corrected chi connectivity index (χ4v) is 1.96. The average molecular weight is 278 g/mol. The minimum atomic E-state index is -1.07. The number of carboxylic acid groups (broad SMARTS) is 1. The predicted octanol–water partition coefficient (Wildman–Crippen LogP) is 1.88. The zero-order chi connectivity index (χ0) is 15.2. The molecule has 0 heterocycles. The van der Waals surface area contributed by atoms with E-state index in [4.69, 9.17) is 0 Å². The van der Waals surface area contributed by atoms with Gasteiger partial charge in [0.05, 0.1) is 6.54 Å². The third-order valence-corrected chi connectivity index (χ3v) is 3.37. The Morgan fingerprint density at radius 1 is 1.30 bits per heavy atom. The summed E-state index contributed by atoms with van der Waals surface area (Å²) in [5.74, 6) is -1.10. The molecule has 0 aromatic heterocycles. The van der Waals surface area contributed by atoms with Gasteiger partial charge in [-0.25, -0.2) is 0 Å². The lowest BCUT2D eigenvalue weighted by Gasteiger charge is -2.27. The fourth-order valence-electron chi connectivity index (χ4n) is 1.96. The molecule has 0 spiro atoms. The van der Waals surface area contributed by atoms with Gasteiger partial charge in [0.25, 0.3) is 0 Å². The van der Waals surface area contributed by atoms with Crippen molar-refractivity contribution < 1.29 is 14.7 Å². The Kier molecular flexibility index (Phi) is 5.70. The molecule has 0 aliphatic carbocycles. The van der Waals surface area contributed by atoms with Gasteiger partial charge < -0.3 is 10.0 Å². The minimum Gasteiger partial charge on any atom is -0.480 e. The van der Waals surface area contributed by atoms with Crippen molar-refractivity contribution in [2.75, 3.05) is 18.5 Å². The molecule has 0 radical (unpaired) electrons. The molecule has 1 aromatic carbocycles. The number of carboxylic acids is 1. The van der Waals surface area contributed by atoms with Crippen LogP contribution in [-0.4, -0.2) is 36.1 Å². The zero-order valence-electron chi connectivity index (χ0n) is 12.2. The van der Waals surface area contributed by atoms with E-state index in [1.807, 2.05) is 37.3 Å². The molecule has 0 aliphatic rings. The molecule has 1 aromatic rings. The average Bonchev–Trinajstić information content (AvgIpc) is 2.45. The van der Waals surface area contributed by atoms with Crippen LogP contribution >= 0.6 is 0 Å². The van der Waals surface area contributed by atoms with Crippen molar-refractivity contribution >= 4 is 17.6 Å². The maximum Gasteiger partial charge on any atom is 0.323 e. The van der Waals surface area contributed by atoms with Crippen molar-refractivity contribution in [3.8, 4) is 0 Å². The standard InChI is InChI=1S/C15H22N2O3/c1-4-10-15(2,14(19)20)16-11-13(18)17(3)12-8-6-5-7-9-12/h5-9,16H,4,10-11H2,1-3H3,(H,19,20). The Labute approximate surface area is 119 Å². The van der Waals surface area contributed by atoms with E-state index in [-0.39, 0.29) is 12.5 Å². The lowest BCUT2D eigenvalue weighted by atomic mass is 9.96. The number of aliphatic carboxylic acids is 1. The molecule has 110 valence electrons. The number of carbonyl (C=O) groups is 2. The molecule has 2 N–H and O–H groups in total. The molecule has 1 amide bonds. The molecular weight excluding hydrogens is 256 g/mol. The molecule has 0 fully saturated rings. The van der Waals surface area contributed by atoms with Gasteiger partial charge >= 0.3 is 5.97 Å². The first-order chi connectivity index (χ1) is 9.40. The summed E-state index contributed by atoms with van der Waals surface area (Å²) >= 11 is 0. The summed E-state index contributed by atoms with van der Waals surface area (Å²) in [6.07, 6.45) is 1.21. The number of likely N-dealkylation sites (N-methyl/N-ethyl adjacent to an activating group) is 1. The second-order valence-electron chi connectivity index (χ2n) is 5.03. The molecule has 0 saturated carbocycles. The largest absolute Gasteiger partial charge is 0.480 e. The fraction of sp³-hybridized carbons (Fsp3) is 0.467. The van der Waals surface area contributed by atoms with Gasteiger partial charge in [0, 0.05) is 12.7 Å². The highest BCUT2D eigenvalue weighted by molar-refractivity contribution is 5.94. The first-order valence-corrected chi connectivity index (χ1v) is 6.70. The minimum absolute atomic E-state index is 0.00576. The third kappa shape index (κ3) is 4.06. The molecule has 0 saturated heterocycles. The van der Waals surface area contributed by atoms with Crippen molar-refractivity contribution in [1.29, 1.82) is 0 Å². The first kappa shape index (κ1) is 16.2. The number of rotatable bonds is 7. The van der Waals surface area contributed by atoms with E-state index in [1.165, 1.54) is 4.90 Å². The molecule has 0 bridgehead atoms. The van der Waals surface area contributed by atoms with Gasteiger partial charge in [-0.2, -0.15) is 0 Å². The topological polar surface area (TPSA) is 69.6 Å². The summed E-state index contributed by atoms with van der Waals surface area (Å²) in [6, 6.07) is 9.25. The van der Waals surface area contributed by atoms with Crippen molar-refractivity contribution in [1.82, 2.24) is 5.32 Å². The van der Waals surface area contributed by atoms with E-state index in [0.29, 0.717) is 6.42 Å². The number of nitrogens with zero attached hydrogens (tertiary/aromatic N) is 1. The van der Waals surface area contributed by atoms with Gasteiger partial charge in [-0.1, -0.05) is 31.5 Å². The summed E-state index contributed by atoms with van der Waals surface area (Å²) in [4.78, 5) is 24.9. The summed E-state index contributed by atoms with van der Waals surface area (Å²) in [5, 5.41) is 12.1. The summed E-state index contributed by atoms with van der Waals surface area (Å²) < 4.78 is 0. The van der Waals surface area contributed by atoms with Gasteiger partial charge in [0.2, 0.25) is 5.91 Å². The van der Waals surface area contributed by atoms with E-state index in [2.05, 4.69) is 5.32 Å². The van der Waals surface area contributed by atoms with Gasteiger partial charge in [0.15, 0.2) is 0 Å². The summed E-state index contributed by atoms with van der Waals surface area (Å²) in [5.41, 5.74) is -0.283. The van der Waals surface area contributed by atoms with Crippen LogP contribution in [0.2, 0.25) is 0 Å². The molecule has 1 rings (SSSR count). The number of anilines is 1. The Bertz CT molecular complexity index is 461. The summed E-state index contributed by atoms with van der Waals surface area (Å²) in [6.45, 7) is 3.52. The maximum atomic E-state index is 12.1. The smallest absolute Gasteiger partial charge is 0.323 e. The van der Waals surface area contributed by atoms with Gasteiger partial charge in [-0.05, 0) is 25.5 Å². The quantitative estimate of drug-likeness (QED) is 0.799. The summed E-state index contributed by atoms with van der Waals surface area (Å²) in [7, 11) is 1.68. The van der Waals surface area contributed by atoms with Crippen LogP contribution in [0.1, 0.15) is 26.7 Å². The Morgan fingerprint density at radius 2 is 1.90 bits per heavy atom. The first-order valence-electron chi connectivity index (χ1n) is 6.70. The second-order valence-corrected chi connectivity index (χ2v) is 5.03. The van der Waals surface area contributed by atoms with Gasteiger partial charge in [-0.15, -0.1) is 0 Å². The molecule has 1 unspecified atom stereocenters. The van der Waals surface area contributed by atoms with E-state index >= 15 is 0 Å². The number of benzene rings is 1. The molecule has 5 nitrogen and oxygen atoms in total. The SMILES string of the molecule is CCCC(C)(NCC(=O)N(C)c1ccccc1)C(=O)O. The Morgan fingerprint density at radius 3 is 2.40 bits per heavy atom. The number of hydrogen-bond acceptors (Lipinski definition) is 3. The van der Waals surface area contributed by atoms with Crippen molar-refractivity contribution in [3.05, 3.63) is 30.3 Å². The second kappa shape index (κ2) is 7.05. The zero-order valence-corrected chi connectivity index (χ0v) is 12.2. The third-order valence-electron chi connectivity index (χ3n) is 3.37. The monoisotopic (exact) mass is 278 g/mol. The van der Waals surface area contributed by atoms with Crippen LogP contribution in [0.25, 0.3) is 0 Å². The number of hydrogen-bond donors (Lipinski definition) is 2. The van der Waals surface area contributed by atoms with Crippen LogP contribution < -0.4 is 10.2 Å². The highest BCUT2D eigenvalue weighted by Gasteiger charge is 2.32. The van der Waals surface area contributed by atoms with Gasteiger partial charge in [-0.3, -0.25) is 14.9 Å². The van der Waals surface area contributed by atoms with Crippen molar-refractivity contribution in [3.63, 3.8) is 0 Å². The van der Waals surface area contributed by atoms with E-state index in [9.17, 15) is 14.7 Å². The Hall–Kier alpha value is -1.88. The number of nitrogens with one attached hydrogen (secondary N) is 1. The molecule has 0 aliphatic heterocycles. The van der Waals surface area contributed by atoms with E-state index in [0.717, 1.165) is 12.1 Å². The predicted molar refractivity (Wildman–Crippen MR) is 78.8 cm³/mol. The van der Waals surface area contributed by atoms with Crippen LogP contribution in [-0.2, 0) is 9.59 Å². The van der Waals surface area contributed by atoms with Crippen molar-refractivity contribution in [2.24, 2.45) is 0 Å². The highest BCUT2D eigenvalue weighted by atomic mass is 16.4. The van der Waals surface area contributed by atoms with Crippen LogP contribution in [0.3, 0.4) is 0 Å². The molecule has 1 atom stereocenters. The van der Waals surface area contributed by atoms with Crippen LogP contribution in [0.4, 0.5) is 5.69 Å². The van der Waals surface area contributed by atoms with Crippen LogP contribution in [0.5, 0.6) is 0 Å². The van der Waals surface area contributed by atoms with Crippen molar-refractivity contribution in [2.45, 2.75) is 32.2 Å². The maximum absolute atomic E-state index is 12.1. The number of carbonyl (C=O) groups excluding carboxylic acids is 1. The van der Waals surface area contributed by atoms with E-state index in [1.54, 1.807) is 14.0 Å². The lowest BCUT2D eigenvalue weighted by molar-refractivity contribution is -0.144. The Balaban J connectivity index is 2.64. The van der Waals surface area contributed by atoms with Crippen LogP contribution in [0.15, 0.2) is 30.3 Å². The normalized spacial score (nSPS) is 13.6. The van der Waals surface area contributed by atoms with Gasteiger partial charge in [0.1, 0.15) is 5.54 Å². The number of amides is 1. The molecular formula is C15H22N2O3. The molecule has 20 heavy (non-hydrogen) atoms. The highest BCUT2D eigenvalue weighted by Crippen LogP contribution is 2.14. The van der Waals surface area contributed by atoms with Crippen LogP contribution in [0, 0.1) is 0 Å². The van der Waals surface area contributed by atoms with E-state index < -0.39 is 11.5 Å². The number of para-hydroxylation sites is 1. The lowest BCUT2D eigenvalue weighted by Crippen LogP contribution is -2.52.